The van der Waals surface area contributed by atoms with Crippen LogP contribution in [-0.2, 0) is 12.1 Å². The van der Waals surface area contributed by atoms with E-state index in [0.29, 0.717) is 23.7 Å². The van der Waals surface area contributed by atoms with Gasteiger partial charge in [0.25, 0.3) is 0 Å². The van der Waals surface area contributed by atoms with Crippen molar-refractivity contribution in [2.45, 2.75) is 44.8 Å². The molecule has 0 aromatic heterocycles. The van der Waals surface area contributed by atoms with Gasteiger partial charge in [-0.25, -0.2) is 0 Å². The van der Waals surface area contributed by atoms with Gasteiger partial charge < -0.3 is 4.90 Å². The first-order valence-corrected chi connectivity index (χ1v) is 7.39. The minimum absolute atomic E-state index is 0.0942. The quantitative estimate of drug-likeness (QED) is 0.687. The van der Waals surface area contributed by atoms with Crippen molar-refractivity contribution >= 4 is 17.3 Å². The molecule has 0 N–H and O–H groups in total. The summed E-state index contributed by atoms with van der Waals surface area (Å²) in [5.41, 5.74) is 0.230. The second-order valence-corrected chi connectivity index (χ2v) is 6.03. The van der Waals surface area contributed by atoms with Crippen molar-refractivity contribution in [3.63, 3.8) is 0 Å². The van der Waals surface area contributed by atoms with Crippen LogP contribution in [0.15, 0.2) is 18.2 Å². The van der Waals surface area contributed by atoms with E-state index in [0.717, 1.165) is 12.8 Å². The highest BCUT2D eigenvalue weighted by molar-refractivity contribution is 6.17. The molecule has 1 aliphatic rings. The van der Waals surface area contributed by atoms with Crippen LogP contribution in [0.25, 0.3) is 0 Å². The Bertz CT molecular complexity index is 467. The highest BCUT2D eigenvalue weighted by Gasteiger charge is 2.38. The first-order chi connectivity index (χ1) is 9.32. The SMILES string of the molecule is CC(C)CN(c1ccc(CCl)cc1C(F)(F)F)C1CC1. The van der Waals surface area contributed by atoms with Gasteiger partial charge in [0.05, 0.1) is 5.56 Å². The van der Waals surface area contributed by atoms with Gasteiger partial charge in [0.2, 0.25) is 0 Å². The van der Waals surface area contributed by atoms with E-state index >= 15 is 0 Å². The summed E-state index contributed by atoms with van der Waals surface area (Å²) in [6, 6.07) is 4.69. The molecule has 0 aliphatic heterocycles. The Kier molecular flexibility index (Phi) is 4.52. The number of nitrogens with zero attached hydrogens (tertiary/aromatic N) is 1. The number of anilines is 1. The largest absolute Gasteiger partial charge is 0.418 e. The topological polar surface area (TPSA) is 3.24 Å². The maximum Gasteiger partial charge on any atom is 0.418 e. The average molecular weight is 306 g/mol. The summed E-state index contributed by atoms with van der Waals surface area (Å²) >= 11 is 5.66. The number of hydrogen-bond acceptors (Lipinski definition) is 1. The number of halogens is 4. The molecule has 1 aliphatic carbocycles. The van der Waals surface area contributed by atoms with E-state index < -0.39 is 11.7 Å². The third-order valence-electron chi connectivity index (χ3n) is 3.38. The molecule has 0 bridgehead atoms. The van der Waals surface area contributed by atoms with Crippen LogP contribution in [0, 0.1) is 5.92 Å². The summed E-state index contributed by atoms with van der Waals surface area (Å²) in [7, 11) is 0. The van der Waals surface area contributed by atoms with Gasteiger partial charge in [-0.1, -0.05) is 19.9 Å². The van der Waals surface area contributed by atoms with Crippen LogP contribution in [0.5, 0.6) is 0 Å². The second kappa shape index (κ2) is 5.84. The van der Waals surface area contributed by atoms with Crippen LogP contribution in [-0.4, -0.2) is 12.6 Å². The summed E-state index contributed by atoms with van der Waals surface area (Å²) < 4.78 is 39.8. The van der Waals surface area contributed by atoms with Crippen molar-refractivity contribution in [2.24, 2.45) is 5.92 Å². The van der Waals surface area contributed by atoms with Crippen molar-refractivity contribution < 1.29 is 13.2 Å². The van der Waals surface area contributed by atoms with Gasteiger partial charge in [-0.15, -0.1) is 11.6 Å². The molecule has 0 heterocycles. The lowest BCUT2D eigenvalue weighted by Crippen LogP contribution is -2.31. The van der Waals surface area contributed by atoms with Gasteiger partial charge in [-0.05, 0) is 36.5 Å². The zero-order valence-electron chi connectivity index (χ0n) is 11.7. The molecule has 1 saturated carbocycles. The first-order valence-electron chi connectivity index (χ1n) is 6.85. The van der Waals surface area contributed by atoms with E-state index in [1.807, 2.05) is 18.7 Å². The van der Waals surface area contributed by atoms with Gasteiger partial charge >= 0.3 is 6.18 Å². The Morgan fingerprint density at radius 3 is 2.40 bits per heavy atom. The Hall–Kier alpha value is -0.900. The van der Waals surface area contributed by atoms with Gasteiger partial charge in [0, 0.05) is 24.2 Å². The molecule has 5 heteroatoms. The van der Waals surface area contributed by atoms with Gasteiger partial charge in [-0.2, -0.15) is 13.2 Å². The van der Waals surface area contributed by atoms with Crippen LogP contribution in [0.4, 0.5) is 18.9 Å². The molecule has 112 valence electrons. The Balaban J connectivity index is 2.42. The molecule has 2 rings (SSSR count). The third-order valence-corrected chi connectivity index (χ3v) is 3.69. The van der Waals surface area contributed by atoms with Crippen LogP contribution < -0.4 is 4.90 Å². The maximum absolute atomic E-state index is 13.3. The summed E-state index contributed by atoms with van der Waals surface area (Å²) in [6.07, 6.45) is -2.40. The molecular formula is C15H19ClF3N. The summed E-state index contributed by atoms with van der Waals surface area (Å²) in [5.74, 6) is 0.418. The lowest BCUT2D eigenvalue weighted by molar-refractivity contribution is -0.137. The molecule has 20 heavy (non-hydrogen) atoms. The van der Waals surface area contributed by atoms with E-state index in [1.165, 1.54) is 6.07 Å². The van der Waals surface area contributed by atoms with Crippen LogP contribution in [0.2, 0.25) is 0 Å². The molecule has 0 saturated heterocycles. The third kappa shape index (κ3) is 3.60. The monoisotopic (exact) mass is 305 g/mol. The van der Waals surface area contributed by atoms with Crippen molar-refractivity contribution in [3.05, 3.63) is 29.3 Å². The molecule has 0 atom stereocenters. The van der Waals surface area contributed by atoms with Crippen molar-refractivity contribution in [2.75, 3.05) is 11.4 Å². The fourth-order valence-electron chi connectivity index (χ4n) is 2.37. The summed E-state index contributed by atoms with van der Waals surface area (Å²) in [6.45, 7) is 4.69. The minimum Gasteiger partial charge on any atom is -0.368 e. The van der Waals surface area contributed by atoms with E-state index in [2.05, 4.69) is 0 Å². The lowest BCUT2D eigenvalue weighted by atomic mass is 10.1. The van der Waals surface area contributed by atoms with E-state index in [4.69, 9.17) is 11.6 Å². The van der Waals surface area contributed by atoms with Gasteiger partial charge in [0.1, 0.15) is 0 Å². The second-order valence-electron chi connectivity index (χ2n) is 5.76. The normalized spacial score (nSPS) is 15.8. The first kappa shape index (κ1) is 15.5. The smallest absolute Gasteiger partial charge is 0.368 e. The summed E-state index contributed by atoms with van der Waals surface area (Å²) in [5, 5.41) is 0. The average Bonchev–Trinajstić information content (AvgIpc) is 3.18. The molecule has 0 amide bonds. The van der Waals surface area contributed by atoms with Crippen molar-refractivity contribution in [3.8, 4) is 0 Å². The molecule has 0 spiro atoms. The predicted octanol–water partition coefficient (Wildman–Crippen LogP) is 5.07. The lowest BCUT2D eigenvalue weighted by Gasteiger charge is -2.29. The molecule has 0 radical (unpaired) electrons. The Labute approximate surface area is 122 Å². The molecular weight excluding hydrogens is 287 g/mol. The molecule has 1 nitrogen and oxygen atoms in total. The maximum atomic E-state index is 13.3. The fraction of sp³-hybridized carbons (Fsp3) is 0.600. The number of alkyl halides is 4. The summed E-state index contributed by atoms with van der Waals surface area (Å²) in [4.78, 5) is 1.91. The van der Waals surface area contributed by atoms with Gasteiger partial charge in [0.15, 0.2) is 0 Å². The number of hydrogen-bond donors (Lipinski definition) is 0. The van der Waals surface area contributed by atoms with Crippen LogP contribution in [0.3, 0.4) is 0 Å². The molecule has 1 aromatic carbocycles. The highest BCUT2D eigenvalue weighted by Crippen LogP contribution is 2.41. The zero-order valence-corrected chi connectivity index (χ0v) is 12.4. The Morgan fingerprint density at radius 2 is 1.95 bits per heavy atom. The van der Waals surface area contributed by atoms with E-state index in [-0.39, 0.29) is 11.9 Å². The van der Waals surface area contributed by atoms with Crippen LogP contribution >= 0.6 is 11.6 Å². The van der Waals surface area contributed by atoms with Crippen molar-refractivity contribution in [1.29, 1.82) is 0 Å². The number of benzene rings is 1. The van der Waals surface area contributed by atoms with Crippen LogP contribution in [0.1, 0.15) is 37.8 Å². The predicted molar refractivity (Wildman–Crippen MR) is 76.2 cm³/mol. The minimum atomic E-state index is -4.35. The zero-order chi connectivity index (χ0) is 14.9. The van der Waals surface area contributed by atoms with Gasteiger partial charge in [-0.3, -0.25) is 0 Å². The molecule has 0 unspecified atom stereocenters. The highest BCUT2D eigenvalue weighted by atomic mass is 35.5. The van der Waals surface area contributed by atoms with E-state index in [9.17, 15) is 13.2 Å². The standard InChI is InChI=1S/C15H19ClF3N/c1-10(2)9-20(12-4-5-12)14-6-3-11(8-16)7-13(14)15(17,18)19/h3,6-7,10,12H,4-5,8-9H2,1-2H3. The Morgan fingerprint density at radius 1 is 1.30 bits per heavy atom. The number of rotatable bonds is 5. The van der Waals surface area contributed by atoms with E-state index in [1.54, 1.807) is 12.1 Å². The molecule has 1 aromatic rings. The fourth-order valence-corrected chi connectivity index (χ4v) is 2.53. The molecule has 1 fully saturated rings. The van der Waals surface area contributed by atoms with Crippen molar-refractivity contribution in [1.82, 2.24) is 0 Å².